The van der Waals surface area contributed by atoms with E-state index in [2.05, 4.69) is 10.4 Å². The first-order valence-electron chi connectivity index (χ1n) is 10.7. The van der Waals surface area contributed by atoms with Gasteiger partial charge in [0.05, 0.1) is 24.8 Å². The van der Waals surface area contributed by atoms with Gasteiger partial charge in [-0.3, -0.25) is 9.59 Å². The summed E-state index contributed by atoms with van der Waals surface area (Å²) < 4.78 is 12.5. The monoisotopic (exact) mass is 449 g/mol. The lowest BCUT2D eigenvalue weighted by atomic mass is 10.0. The summed E-state index contributed by atoms with van der Waals surface area (Å²) in [5.74, 6) is -0.104. The number of primary amides is 1. The zero-order chi connectivity index (χ0) is 23.5. The number of hydrogen-bond donors (Lipinski definition) is 3. The van der Waals surface area contributed by atoms with Crippen molar-refractivity contribution in [2.24, 2.45) is 5.73 Å². The van der Waals surface area contributed by atoms with E-state index < -0.39 is 5.91 Å². The van der Waals surface area contributed by atoms with Gasteiger partial charge in [-0.2, -0.15) is 5.10 Å². The SMILES string of the molecule is COc1ccccc1C(=O)NCc1ccc(-c2nn([C@H]3CCOC3C)c(N)c2C(N)=O)cc1. The van der Waals surface area contributed by atoms with E-state index in [4.69, 9.17) is 20.9 Å². The third-order valence-corrected chi connectivity index (χ3v) is 5.88. The number of nitrogens with zero attached hydrogens (tertiary/aromatic N) is 2. The number of rotatable bonds is 7. The number of methoxy groups -OCH3 is 1. The van der Waals surface area contributed by atoms with Gasteiger partial charge >= 0.3 is 0 Å². The molecule has 9 heteroatoms. The van der Waals surface area contributed by atoms with Crippen molar-refractivity contribution in [2.75, 3.05) is 19.5 Å². The Balaban J connectivity index is 1.53. The van der Waals surface area contributed by atoms with Gasteiger partial charge in [0.15, 0.2) is 0 Å². The second kappa shape index (κ2) is 9.33. The summed E-state index contributed by atoms with van der Waals surface area (Å²) in [4.78, 5) is 24.7. The Bertz CT molecular complexity index is 1170. The molecule has 0 bridgehead atoms. The number of nitrogens with one attached hydrogen (secondary N) is 1. The van der Waals surface area contributed by atoms with Crippen molar-refractivity contribution < 1.29 is 19.1 Å². The van der Waals surface area contributed by atoms with E-state index >= 15 is 0 Å². The van der Waals surface area contributed by atoms with Gasteiger partial charge in [-0.25, -0.2) is 4.68 Å². The van der Waals surface area contributed by atoms with E-state index in [-0.39, 0.29) is 29.4 Å². The number of ether oxygens (including phenoxy) is 2. The van der Waals surface area contributed by atoms with Crippen molar-refractivity contribution in [3.63, 3.8) is 0 Å². The molecule has 1 aromatic heterocycles. The summed E-state index contributed by atoms with van der Waals surface area (Å²) >= 11 is 0. The van der Waals surface area contributed by atoms with Crippen molar-refractivity contribution in [1.29, 1.82) is 0 Å². The Morgan fingerprint density at radius 1 is 1.21 bits per heavy atom. The summed E-state index contributed by atoms with van der Waals surface area (Å²) in [5.41, 5.74) is 14.6. The molecule has 33 heavy (non-hydrogen) atoms. The summed E-state index contributed by atoms with van der Waals surface area (Å²) in [6, 6.07) is 14.4. The van der Waals surface area contributed by atoms with Crippen LogP contribution in [0.2, 0.25) is 0 Å². The predicted molar refractivity (Wildman–Crippen MR) is 124 cm³/mol. The van der Waals surface area contributed by atoms with Crippen LogP contribution in [0.3, 0.4) is 0 Å². The number of nitrogens with two attached hydrogens (primary N) is 2. The zero-order valence-corrected chi connectivity index (χ0v) is 18.6. The summed E-state index contributed by atoms with van der Waals surface area (Å²) in [6.07, 6.45) is 0.699. The van der Waals surface area contributed by atoms with Crippen LogP contribution < -0.4 is 21.5 Å². The van der Waals surface area contributed by atoms with Gasteiger partial charge in [0.2, 0.25) is 0 Å². The van der Waals surface area contributed by atoms with E-state index in [1.165, 1.54) is 7.11 Å². The lowest BCUT2D eigenvalue weighted by molar-refractivity contribution is 0.0946. The third kappa shape index (κ3) is 4.40. The second-order valence-electron chi connectivity index (χ2n) is 7.93. The molecule has 0 saturated carbocycles. The average molecular weight is 450 g/mol. The maximum atomic E-state index is 12.5. The first kappa shape index (κ1) is 22.3. The fourth-order valence-electron chi connectivity index (χ4n) is 4.08. The highest BCUT2D eigenvalue weighted by Gasteiger charge is 2.31. The average Bonchev–Trinajstić information content (AvgIpc) is 3.40. The van der Waals surface area contributed by atoms with Crippen LogP contribution in [-0.4, -0.2) is 41.4 Å². The molecule has 1 saturated heterocycles. The molecule has 2 amide bonds. The van der Waals surface area contributed by atoms with Crippen molar-refractivity contribution in [2.45, 2.75) is 32.0 Å². The molecule has 3 aromatic rings. The molecule has 0 radical (unpaired) electrons. The third-order valence-electron chi connectivity index (χ3n) is 5.88. The Labute approximate surface area is 191 Å². The molecule has 1 fully saturated rings. The highest BCUT2D eigenvalue weighted by molar-refractivity contribution is 6.03. The Morgan fingerprint density at radius 2 is 1.94 bits per heavy atom. The number of anilines is 1. The van der Waals surface area contributed by atoms with Crippen LogP contribution in [0.4, 0.5) is 5.82 Å². The minimum atomic E-state index is -0.631. The van der Waals surface area contributed by atoms with E-state index in [0.29, 0.717) is 35.7 Å². The largest absolute Gasteiger partial charge is 0.496 e. The molecular weight excluding hydrogens is 422 g/mol. The standard InChI is InChI=1S/C24H27N5O4/c1-14-18(11-12-33-14)29-22(25)20(23(26)30)21(28-29)16-9-7-15(8-10-16)13-27-24(31)17-5-3-4-6-19(17)32-2/h3-10,14,18H,11-13,25H2,1-2H3,(H2,26,30)(H,27,31)/t14?,18-/m0/s1. The molecule has 0 spiro atoms. The molecule has 0 aliphatic carbocycles. The number of carbonyl (C=O) groups is 2. The van der Waals surface area contributed by atoms with E-state index in [0.717, 1.165) is 12.0 Å². The summed E-state index contributed by atoms with van der Waals surface area (Å²) in [5, 5.41) is 7.51. The van der Waals surface area contributed by atoms with Crippen LogP contribution in [0, 0.1) is 0 Å². The molecule has 4 rings (SSSR count). The smallest absolute Gasteiger partial charge is 0.255 e. The van der Waals surface area contributed by atoms with E-state index in [9.17, 15) is 9.59 Å². The van der Waals surface area contributed by atoms with Crippen LogP contribution >= 0.6 is 0 Å². The van der Waals surface area contributed by atoms with Gasteiger partial charge < -0.3 is 26.3 Å². The first-order valence-corrected chi connectivity index (χ1v) is 10.7. The molecule has 2 aromatic carbocycles. The van der Waals surface area contributed by atoms with Gasteiger partial charge in [-0.1, -0.05) is 36.4 Å². The molecule has 1 aliphatic rings. The molecule has 1 unspecified atom stereocenters. The van der Waals surface area contributed by atoms with E-state index in [1.54, 1.807) is 22.9 Å². The minimum Gasteiger partial charge on any atom is -0.496 e. The molecule has 9 nitrogen and oxygen atoms in total. The highest BCUT2D eigenvalue weighted by Crippen LogP contribution is 2.34. The number of benzene rings is 2. The van der Waals surface area contributed by atoms with Gasteiger partial charge in [-0.05, 0) is 31.0 Å². The normalized spacial score (nSPS) is 17.6. The van der Waals surface area contributed by atoms with Crippen molar-refractivity contribution in [3.8, 4) is 17.0 Å². The molecule has 2 atom stereocenters. The van der Waals surface area contributed by atoms with Crippen LogP contribution in [0.25, 0.3) is 11.3 Å². The quantitative estimate of drug-likeness (QED) is 0.507. The van der Waals surface area contributed by atoms with Crippen molar-refractivity contribution in [3.05, 3.63) is 65.2 Å². The van der Waals surface area contributed by atoms with Crippen molar-refractivity contribution >= 4 is 17.6 Å². The van der Waals surface area contributed by atoms with E-state index in [1.807, 2.05) is 37.3 Å². The fraction of sp³-hybridized carbons (Fsp3) is 0.292. The van der Waals surface area contributed by atoms with Crippen LogP contribution in [0.1, 0.15) is 45.7 Å². The maximum Gasteiger partial charge on any atom is 0.255 e. The molecular formula is C24H27N5O4. The Hall–Kier alpha value is -3.85. The van der Waals surface area contributed by atoms with Crippen LogP contribution in [-0.2, 0) is 11.3 Å². The molecule has 2 heterocycles. The van der Waals surface area contributed by atoms with Crippen LogP contribution in [0.15, 0.2) is 48.5 Å². The number of nitrogen functional groups attached to an aromatic ring is 1. The van der Waals surface area contributed by atoms with Crippen molar-refractivity contribution in [1.82, 2.24) is 15.1 Å². The minimum absolute atomic E-state index is 0.0543. The van der Waals surface area contributed by atoms with Gasteiger partial charge in [0.1, 0.15) is 22.8 Å². The highest BCUT2D eigenvalue weighted by atomic mass is 16.5. The summed E-state index contributed by atoms with van der Waals surface area (Å²) in [7, 11) is 1.53. The Morgan fingerprint density at radius 3 is 2.58 bits per heavy atom. The molecule has 5 N–H and O–H groups in total. The predicted octanol–water partition coefficient (Wildman–Crippen LogP) is 2.52. The Kier molecular flexibility index (Phi) is 6.32. The molecule has 172 valence electrons. The number of amides is 2. The zero-order valence-electron chi connectivity index (χ0n) is 18.6. The van der Waals surface area contributed by atoms with Crippen LogP contribution in [0.5, 0.6) is 5.75 Å². The van der Waals surface area contributed by atoms with Gasteiger partial charge in [0, 0.05) is 18.7 Å². The number of para-hydroxylation sites is 1. The van der Waals surface area contributed by atoms with Gasteiger partial charge in [-0.15, -0.1) is 0 Å². The topological polar surface area (TPSA) is 134 Å². The summed E-state index contributed by atoms with van der Waals surface area (Å²) in [6.45, 7) is 2.89. The maximum absolute atomic E-state index is 12.5. The number of hydrogen-bond acceptors (Lipinski definition) is 6. The molecule has 1 aliphatic heterocycles. The number of aromatic nitrogens is 2. The second-order valence-corrected chi connectivity index (χ2v) is 7.93. The number of carbonyl (C=O) groups excluding carboxylic acids is 2. The lowest BCUT2D eigenvalue weighted by Crippen LogP contribution is -2.23. The lowest BCUT2D eigenvalue weighted by Gasteiger charge is -2.16. The van der Waals surface area contributed by atoms with Gasteiger partial charge in [0.25, 0.3) is 11.8 Å². The first-order chi connectivity index (χ1) is 15.9. The fourth-order valence-corrected chi connectivity index (χ4v) is 4.08.